The Morgan fingerprint density at radius 1 is 0.778 bits per heavy atom. The van der Waals surface area contributed by atoms with E-state index in [1.54, 1.807) is 18.2 Å². The quantitative estimate of drug-likeness (QED) is 0.165. The molecule has 0 bridgehead atoms. The standard InChI is InChI=1S/C32H23NO3/c1-33-20-23(24-12-2-3-15-27(24)33)18-19-30(35)36-29-17-7-11-22-9-5-14-26(32(22)29)25-13-4-8-21-10-6-16-28(34)31(21)25/h2-20,34H,1H3/b19-18+. The van der Waals surface area contributed by atoms with Gasteiger partial charge in [0.15, 0.2) is 0 Å². The molecule has 0 aliphatic rings. The van der Waals surface area contributed by atoms with E-state index in [0.717, 1.165) is 49.1 Å². The summed E-state index contributed by atoms with van der Waals surface area (Å²) in [7, 11) is 1.99. The van der Waals surface area contributed by atoms with Crippen LogP contribution in [0.25, 0.3) is 49.7 Å². The van der Waals surface area contributed by atoms with Crippen molar-refractivity contribution in [2.24, 2.45) is 7.05 Å². The normalized spacial score (nSPS) is 11.6. The van der Waals surface area contributed by atoms with Gasteiger partial charge in [-0.25, -0.2) is 4.79 Å². The fourth-order valence-corrected chi connectivity index (χ4v) is 4.97. The minimum absolute atomic E-state index is 0.215. The molecule has 0 saturated heterocycles. The molecule has 6 rings (SSSR count). The lowest BCUT2D eigenvalue weighted by Gasteiger charge is -2.14. The first-order valence-corrected chi connectivity index (χ1v) is 11.8. The molecule has 6 aromatic rings. The number of nitrogens with zero attached hydrogens (tertiary/aromatic N) is 1. The highest BCUT2D eigenvalue weighted by Gasteiger charge is 2.15. The highest BCUT2D eigenvalue weighted by molar-refractivity contribution is 6.10. The van der Waals surface area contributed by atoms with E-state index in [1.807, 2.05) is 103 Å². The molecule has 0 atom stereocenters. The molecular formula is C32H23NO3. The Kier molecular flexibility index (Phi) is 5.27. The van der Waals surface area contributed by atoms with Gasteiger partial charge in [0.2, 0.25) is 0 Å². The zero-order valence-electron chi connectivity index (χ0n) is 19.7. The minimum atomic E-state index is -0.453. The Labute approximate surface area is 208 Å². The number of benzene rings is 5. The van der Waals surface area contributed by atoms with Crippen molar-refractivity contribution in [3.8, 4) is 22.6 Å². The molecule has 0 amide bonds. The number of rotatable bonds is 4. The molecule has 0 radical (unpaired) electrons. The van der Waals surface area contributed by atoms with Crippen LogP contribution in [0.4, 0.5) is 0 Å². The second kappa shape index (κ2) is 8.75. The van der Waals surface area contributed by atoms with E-state index in [1.165, 1.54) is 6.08 Å². The summed E-state index contributed by atoms with van der Waals surface area (Å²) >= 11 is 0. The molecule has 1 heterocycles. The first kappa shape index (κ1) is 21.7. The fourth-order valence-electron chi connectivity index (χ4n) is 4.97. The van der Waals surface area contributed by atoms with Gasteiger partial charge < -0.3 is 14.4 Å². The van der Waals surface area contributed by atoms with E-state index in [4.69, 9.17) is 4.74 Å². The van der Waals surface area contributed by atoms with Crippen molar-refractivity contribution in [2.75, 3.05) is 0 Å². The van der Waals surface area contributed by atoms with Crippen molar-refractivity contribution in [3.05, 3.63) is 115 Å². The average molecular weight is 470 g/mol. The van der Waals surface area contributed by atoms with Gasteiger partial charge >= 0.3 is 5.97 Å². The van der Waals surface area contributed by atoms with Gasteiger partial charge in [-0.2, -0.15) is 0 Å². The molecule has 4 nitrogen and oxygen atoms in total. The number of hydrogen-bond donors (Lipinski definition) is 1. The lowest BCUT2D eigenvalue weighted by molar-refractivity contribution is -0.128. The Hall–Kier alpha value is -4.83. The molecule has 0 aliphatic carbocycles. The van der Waals surface area contributed by atoms with Crippen LogP contribution in [0.15, 0.2) is 109 Å². The van der Waals surface area contributed by atoms with Crippen LogP contribution in [0, 0.1) is 0 Å². The van der Waals surface area contributed by atoms with E-state index in [0.29, 0.717) is 5.75 Å². The topological polar surface area (TPSA) is 51.5 Å². The summed E-state index contributed by atoms with van der Waals surface area (Å²) in [5.74, 6) is 0.238. The first-order valence-electron chi connectivity index (χ1n) is 11.8. The number of carbonyl (C=O) groups is 1. The Morgan fingerprint density at radius 2 is 1.42 bits per heavy atom. The maximum Gasteiger partial charge on any atom is 0.336 e. The molecule has 0 unspecified atom stereocenters. The number of aromatic hydroxyl groups is 1. The predicted octanol–water partition coefficient (Wildman–Crippen LogP) is 7.48. The number of aryl methyl sites for hydroxylation is 1. The van der Waals surface area contributed by atoms with Gasteiger partial charge in [0, 0.05) is 46.6 Å². The maximum absolute atomic E-state index is 12.9. The van der Waals surface area contributed by atoms with Gasteiger partial charge in [0.05, 0.1) is 0 Å². The van der Waals surface area contributed by atoms with Crippen LogP contribution in [0.2, 0.25) is 0 Å². The highest BCUT2D eigenvalue weighted by Crippen LogP contribution is 2.41. The summed E-state index contributed by atoms with van der Waals surface area (Å²) in [5, 5.41) is 15.2. The average Bonchev–Trinajstić information content (AvgIpc) is 3.23. The number of para-hydroxylation sites is 1. The van der Waals surface area contributed by atoms with Crippen LogP contribution in [-0.4, -0.2) is 15.6 Å². The zero-order valence-corrected chi connectivity index (χ0v) is 19.7. The fraction of sp³-hybridized carbons (Fsp3) is 0.0312. The third kappa shape index (κ3) is 3.69. The van der Waals surface area contributed by atoms with Gasteiger partial charge in [0.1, 0.15) is 11.5 Å². The third-order valence-electron chi connectivity index (χ3n) is 6.58. The molecule has 36 heavy (non-hydrogen) atoms. The largest absolute Gasteiger partial charge is 0.507 e. The predicted molar refractivity (Wildman–Crippen MR) is 146 cm³/mol. The molecular weight excluding hydrogens is 446 g/mol. The smallest absolute Gasteiger partial charge is 0.336 e. The lowest BCUT2D eigenvalue weighted by Crippen LogP contribution is -2.04. The maximum atomic E-state index is 12.9. The van der Waals surface area contributed by atoms with E-state index in [2.05, 4.69) is 0 Å². The van der Waals surface area contributed by atoms with Crippen molar-refractivity contribution in [3.63, 3.8) is 0 Å². The number of phenolic OH excluding ortho intramolecular Hbond substituents is 1. The van der Waals surface area contributed by atoms with Crippen LogP contribution < -0.4 is 4.74 Å². The van der Waals surface area contributed by atoms with Crippen molar-refractivity contribution >= 4 is 44.5 Å². The Balaban J connectivity index is 1.42. The van der Waals surface area contributed by atoms with Crippen molar-refractivity contribution < 1.29 is 14.6 Å². The zero-order chi connectivity index (χ0) is 24.6. The van der Waals surface area contributed by atoms with E-state index >= 15 is 0 Å². The molecule has 0 aliphatic heterocycles. The van der Waals surface area contributed by atoms with Crippen molar-refractivity contribution in [1.29, 1.82) is 0 Å². The van der Waals surface area contributed by atoms with Crippen LogP contribution in [0.3, 0.4) is 0 Å². The van der Waals surface area contributed by atoms with E-state index < -0.39 is 5.97 Å². The lowest BCUT2D eigenvalue weighted by atomic mass is 9.93. The summed E-state index contributed by atoms with van der Waals surface area (Å²) < 4.78 is 7.92. The molecule has 5 aromatic carbocycles. The summed E-state index contributed by atoms with van der Waals surface area (Å²) in [5.41, 5.74) is 3.82. The van der Waals surface area contributed by atoms with Gasteiger partial charge in [-0.3, -0.25) is 0 Å². The van der Waals surface area contributed by atoms with Crippen LogP contribution in [0.1, 0.15) is 5.56 Å². The first-order chi connectivity index (χ1) is 17.6. The number of fused-ring (bicyclic) bond motifs is 3. The second-order valence-electron chi connectivity index (χ2n) is 8.81. The van der Waals surface area contributed by atoms with Crippen LogP contribution in [0.5, 0.6) is 11.5 Å². The molecule has 0 spiro atoms. The number of hydrogen-bond acceptors (Lipinski definition) is 3. The van der Waals surface area contributed by atoms with Gasteiger partial charge in [-0.1, -0.05) is 78.9 Å². The van der Waals surface area contributed by atoms with Gasteiger partial charge in [-0.15, -0.1) is 0 Å². The SMILES string of the molecule is Cn1cc(/C=C/C(=O)Oc2cccc3cccc(-c4cccc5cccc(O)c45)c23)c2ccccc21. The molecule has 1 aromatic heterocycles. The van der Waals surface area contributed by atoms with Gasteiger partial charge in [0.25, 0.3) is 0 Å². The number of esters is 1. The van der Waals surface area contributed by atoms with Crippen LogP contribution >= 0.6 is 0 Å². The van der Waals surface area contributed by atoms with E-state index in [-0.39, 0.29) is 5.75 Å². The van der Waals surface area contributed by atoms with Gasteiger partial charge in [-0.05, 0) is 46.2 Å². The van der Waals surface area contributed by atoms with Crippen molar-refractivity contribution in [2.45, 2.75) is 0 Å². The van der Waals surface area contributed by atoms with E-state index in [9.17, 15) is 9.90 Å². The van der Waals surface area contributed by atoms with Crippen LogP contribution in [-0.2, 0) is 11.8 Å². The highest BCUT2D eigenvalue weighted by atomic mass is 16.5. The molecule has 174 valence electrons. The number of aromatic nitrogens is 1. The second-order valence-corrected chi connectivity index (χ2v) is 8.81. The summed E-state index contributed by atoms with van der Waals surface area (Å²) in [6, 6.07) is 31.1. The number of ether oxygens (including phenoxy) is 1. The monoisotopic (exact) mass is 469 g/mol. The summed E-state index contributed by atoms with van der Waals surface area (Å²) in [6.45, 7) is 0. The Morgan fingerprint density at radius 3 is 2.19 bits per heavy atom. The van der Waals surface area contributed by atoms with Crippen molar-refractivity contribution in [1.82, 2.24) is 4.57 Å². The number of phenols is 1. The molecule has 1 N–H and O–H groups in total. The molecule has 0 saturated carbocycles. The summed E-state index contributed by atoms with van der Waals surface area (Å²) in [4.78, 5) is 12.9. The number of carbonyl (C=O) groups excluding carboxylic acids is 1. The molecule has 0 fully saturated rings. The molecule has 4 heteroatoms. The minimum Gasteiger partial charge on any atom is -0.507 e. The third-order valence-corrected chi connectivity index (χ3v) is 6.58. The summed E-state index contributed by atoms with van der Waals surface area (Å²) in [6.07, 6.45) is 5.25. The Bertz CT molecular complexity index is 1800.